The van der Waals surface area contributed by atoms with Crippen LogP contribution in [-0.2, 0) is 0 Å². The minimum absolute atomic E-state index is 0.127. The van der Waals surface area contributed by atoms with E-state index in [0.29, 0.717) is 5.41 Å². The molecule has 0 bridgehead atoms. The number of hydrazine groups is 1. The molecule has 0 amide bonds. The fourth-order valence-corrected chi connectivity index (χ4v) is 3.61. The molecule has 2 nitrogen and oxygen atoms in total. The highest BCUT2D eigenvalue weighted by Crippen LogP contribution is 2.45. The Balaban J connectivity index is 5.15. The Labute approximate surface area is 109 Å². The van der Waals surface area contributed by atoms with Gasteiger partial charge in [0.2, 0.25) is 0 Å². The van der Waals surface area contributed by atoms with Crippen molar-refractivity contribution in [3.63, 3.8) is 0 Å². The zero-order valence-electron chi connectivity index (χ0n) is 12.7. The van der Waals surface area contributed by atoms with E-state index in [0.717, 1.165) is 0 Å². The zero-order valence-corrected chi connectivity index (χ0v) is 12.7. The van der Waals surface area contributed by atoms with Gasteiger partial charge >= 0.3 is 0 Å². The first-order valence-corrected chi connectivity index (χ1v) is 7.53. The smallest absolute Gasteiger partial charge is 0.0374 e. The van der Waals surface area contributed by atoms with Crippen LogP contribution in [0.25, 0.3) is 0 Å². The van der Waals surface area contributed by atoms with Gasteiger partial charge in [0.05, 0.1) is 0 Å². The number of rotatable bonds is 10. The van der Waals surface area contributed by atoms with Crippen molar-refractivity contribution in [2.24, 2.45) is 11.3 Å². The van der Waals surface area contributed by atoms with Gasteiger partial charge in [-0.15, -0.1) is 0 Å². The lowest BCUT2D eigenvalue weighted by atomic mass is 9.62. The summed E-state index contributed by atoms with van der Waals surface area (Å²) in [5.41, 5.74) is 3.69. The highest BCUT2D eigenvalue weighted by Gasteiger charge is 2.44. The van der Waals surface area contributed by atoms with Crippen molar-refractivity contribution in [2.75, 3.05) is 0 Å². The molecule has 0 rings (SSSR count). The summed E-state index contributed by atoms with van der Waals surface area (Å²) in [6, 6.07) is 0. The Bertz CT molecular complexity index is 177. The predicted molar refractivity (Wildman–Crippen MR) is 77.8 cm³/mol. The molecule has 0 radical (unpaired) electrons. The molecule has 0 aromatic heterocycles. The summed E-state index contributed by atoms with van der Waals surface area (Å²) in [5, 5.41) is 0. The molecule has 0 atom stereocenters. The summed E-state index contributed by atoms with van der Waals surface area (Å²) in [7, 11) is 0. The summed E-state index contributed by atoms with van der Waals surface area (Å²) in [5.74, 6) is 5.98. The molecular weight excluding hydrogens is 208 g/mol. The predicted octanol–water partition coefficient (Wildman–Crippen LogP) is 4.40. The third kappa shape index (κ3) is 3.96. The highest BCUT2D eigenvalue weighted by atomic mass is 15.3. The maximum Gasteiger partial charge on any atom is 0.0374 e. The molecule has 0 saturated carbocycles. The molecule has 17 heavy (non-hydrogen) atoms. The van der Waals surface area contributed by atoms with Crippen LogP contribution in [0.4, 0.5) is 0 Å². The van der Waals surface area contributed by atoms with E-state index in [1.807, 2.05) is 0 Å². The number of hydrogen-bond donors (Lipinski definition) is 2. The Morgan fingerprint density at radius 3 is 1.35 bits per heavy atom. The zero-order chi connectivity index (χ0) is 13.4. The molecule has 0 spiro atoms. The SMILES string of the molecule is CCCC(C)(CCC)C(CCC)(CCC)NN. The van der Waals surface area contributed by atoms with Gasteiger partial charge in [0.1, 0.15) is 0 Å². The summed E-state index contributed by atoms with van der Waals surface area (Å²) >= 11 is 0. The first-order valence-electron chi connectivity index (χ1n) is 7.53. The van der Waals surface area contributed by atoms with Crippen LogP contribution in [0.15, 0.2) is 0 Å². The maximum absolute atomic E-state index is 5.98. The van der Waals surface area contributed by atoms with E-state index >= 15 is 0 Å². The van der Waals surface area contributed by atoms with Crippen molar-refractivity contribution < 1.29 is 0 Å². The average molecular weight is 242 g/mol. The van der Waals surface area contributed by atoms with Crippen LogP contribution in [0, 0.1) is 5.41 Å². The van der Waals surface area contributed by atoms with Crippen LogP contribution in [0.3, 0.4) is 0 Å². The Morgan fingerprint density at radius 2 is 1.12 bits per heavy atom. The van der Waals surface area contributed by atoms with Gasteiger partial charge in [0.15, 0.2) is 0 Å². The average Bonchev–Trinajstić information content (AvgIpc) is 2.29. The molecule has 2 heteroatoms. The van der Waals surface area contributed by atoms with Gasteiger partial charge in [-0.1, -0.05) is 60.3 Å². The van der Waals surface area contributed by atoms with Crippen LogP contribution in [0.2, 0.25) is 0 Å². The third-order valence-electron chi connectivity index (χ3n) is 4.39. The Kier molecular flexibility index (Phi) is 8.06. The number of nitrogens with one attached hydrogen (secondary N) is 1. The van der Waals surface area contributed by atoms with Crippen LogP contribution in [0.5, 0.6) is 0 Å². The Hall–Kier alpha value is -0.0800. The molecule has 104 valence electrons. The van der Waals surface area contributed by atoms with Crippen LogP contribution in [0.1, 0.15) is 86.0 Å². The summed E-state index contributed by atoms with van der Waals surface area (Å²) in [6.45, 7) is 11.5. The normalized spacial score (nSPS) is 13.1. The lowest BCUT2D eigenvalue weighted by molar-refractivity contribution is 0.0562. The molecule has 0 aliphatic heterocycles. The topological polar surface area (TPSA) is 38.0 Å². The summed E-state index contributed by atoms with van der Waals surface area (Å²) in [4.78, 5) is 0. The van der Waals surface area contributed by atoms with E-state index in [9.17, 15) is 0 Å². The quantitative estimate of drug-likeness (QED) is 0.440. The second-order valence-corrected chi connectivity index (χ2v) is 5.79. The van der Waals surface area contributed by atoms with E-state index in [1.165, 1.54) is 51.4 Å². The van der Waals surface area contributed by atoms with Gasteiger partial charge in [-0.2, -0.15) is 0 Å². The summed E-state index contributed by atoms with van der Waals surface area (Å²) in [6.07, 6.45) is 9.80. The van der Waals surface area contributed by atoms with E-state index in [2.05, 4.69) is 40.0 Å². The summed E-state index contributed by atoms with van der Waals surface area (Å²) < 4.78 is 0. The molecular formula is C15H34N2. The van der Waals surface area contributed by atoms with Gasteiger partial charge in [-0.3, -0.25) is 11.3 Å². The fraction of sp³-hybridized carbons (Fsp3) is 1.00. The van der Waals surface area contributed by atoms with Crippen molar-refractivity contribution in [1.82, 2.24) is 5.43 Å². The van der Waals surface area contributed by atoms with E-state index < -0.39 is 0 Å². The third-order valence-corrected chi connectivity index (χ3v) is 4.39. The van der Waals surface area contributed by atoms with Crippen molar-refractivity contribution in [3.05, 3.63) is 0 Å². The minimum atomic E-state index is 0.127. The first kappa shape index (κ1) is 16.9. The van der Waals surface area contributed by atoms with Crippen LogP contribution < -0.4 is 11.3 Å². The van der Waals surface area contributed by atoms with Crippen molar-refractivity contribution in [1.29, 1.82) is 0 Å². The van der Waals surface area contributed by atoms with Gasteiger partial charge in [0, 0.05) is 5.54 Å². The van der Waals surface area contributed by atoms with E-state index in [-0.39, 0.29) is 5.54 Å². The van der Waals surface area contributed by atoms with E-state index in [4.69, 9.17) is 5.84 Å². The molecule has 0 unspecified atom stereocenters. The van der Waals surface area contributed by atoms with Crippen molar-refractivity contribution in [3.8, 4) is 0 Å². The lowest BCUT2D eigenvalue weighted by Crippen LogP contribution is -2.59. The minimum Gasteiger partial charge on any atom is -0.271 e. The number of nitrogens with two attached hydrogens (primary N) is 1. The molecule has 0 aromatic carbocycles. The molecule has 0 aliphatic carbocycles. The van der Waals surface area contributed by atoms with Crippen LogP contribution in [-0.4, -0.2) is 5.54 Å². The Morgan fingerprint density at radius 1 is 0.765 bits per heavy atom. The fourth-order valence-electron chi connectivity index (χ4n) is 3.61. The molecule has 0 heterocycles. The van der Waals surface area contributed by atoms with Gasteiger partial charge in [-0.25, -0.2) is 0 Å². The number of hydrogen-bond acceptors (Lipinski definition) is 2. The van der Waals surface area contributed by atoms with Gasteiger partial charge < -0.3 is 0 Å². The lowest BCUT2D eigenvalue weighted by Gasteiger charge is -2.49. The first-order chi connectivity index (χ1) is 8.05. The molecule has 3 N–H and O–H groups in total. The molecule has 0 saturated heterocycles. The van der Waals surface area contributed by atoms with Crippen LogP contribution >= 0.6 is 0 Å². The maximum atomic E-state index is 5.98. The van der Waals surface area contributed by atoms with Gasteiger partial charge in [0.25, 0.3) is 0 Å². The molecule has 0 fully saturated rings. The van der Waals surface area contributed by atoms with Crippen molar-refractivity contribution in [2.45, 2.75) is 91.5 Å². The van der Waals surface area contributed by atoms with Gasteiger partial charge in [-0.05, 0) is 31.1 Å². The standard InChI is InChI=1S/C15H34N2/c1-6-10-14(5,11-7-2)15(17-16,12-8-3)13-9-4/h17H,6-13,16H2,1-5H3. The monoisotopic (exact) mass is 242 g/mol. The van der Waals surface area contributed by atoms with Crippen molar-refractivity contribution >= 4 is 0 Å². The second-order valence-electron chi connectivity index (χ2n) is 5.79. The molecule has 0 aliphatic rings. The molecule has 0 aromatic rings. The van der Waals surface area contributed by atoms with E-state index in [1.54, 1.807) is 0 Å². The largest absolute Gasteiger partial charge is 0.271 e. The highest BCUT2D eigenvalue weighted by molar-refractivity contribution is 5.00. The second kappa shape index (κ2) is 8.10.